The maximum atomic E-state index is 11.8. The highest BCUT2D eigenvalue weighted by Crippen LogP contribution is 2.14. The number of hydrogen-bond acceptors (Lipinski definition) is 4. The van der Waals surface area contributed by atoms with Crippen molar-refractivity contribution in [2.75, 3.05) is 0 Å². The van der Waals surface area contributed by atoms with Gasteiger partial charge in [-0.2, -0.15) is 0 Å². The summed E-state index contributed by atoms with van der Waals surface area (Å²) in [5.74, 6) is 0.354. The average molecular weight is 308 g/mol. The van der Waals surface area contributed by atoms with Gasteiger partial charge < -0.3 is 9.47 Å². The quantitative estimate of drug-likeness (QED) is 0.675. The molecule has 3 rings (SSSR count). The predicted molar refractivity (Wildman–Crippen MR) is 85.0 cm³/mol. The van der Waals surface area contributed by atoms with Crippen molar-refractivity contribution in [2.24, 2.45) is 0 Å². The van der Waals surface area contributed by atoms with Crippen LogP contribution in [-0.2, 0) is 17.9 Å². The summed E-state index contributed by atoms with van der Waals surface area (Å²) in [5, 5.41) is 0. The first-order valence-electron chi connectivity index (χ1n) is 7.24. The number of carbonyl (C=O) groups is 1. The van der Waals surface area contributed by atoms with Crippen LogP contribution in [0.5, 0.6) is 5.88 Å². The largest absolute Gasteiger partial charge is 0.515 e. The maximum Gasteiger partial charge on any atom is 0.515 e. The molecule has 0 amide bonds. The molecule has 2 aromatic carbocycles. The van der Waals surface area contributed by atoms with Gasteiger partial charge in [0.05, 0.1) is 19.1 Å². The highest BCUT2D eigenvalue weighted by atomic mass is 16.7. The number of carbonyl (C=O) groups excluding carboxylic acids is 1. The first-order chi connectivity index (χ1) is 11.3. The van der Waals surface area contributed by atoms with Crippen LogP contribution in [0, 0.1) is 0 Å². The summed E-state index contributed by atoms with van der Waals surface area (Å²) in [7, 11) is 0. The molecule has 0 atom stereocenters. The minimum Gasteiger partial charge on any atom is -0.429 e. The van der Waals surface area contributed by atoms with Gasteiger partial charge in [0.25, 0.3) is 0 Å². The summed E-state index contributed by atoms with van der Waals surface area (Å²) in [6, 6.07) is 19.3. The third-order valence-corrected chi connectivity index (χ3v) is 3.26. The van der Waals surface area contributed by atoms with Gasteiger partial charge in [-0.15, -0.1) is 0 Å². The lowest BCUT2D eigenvalue weighted by Gasteiger charge is -2.09. The van der Waals surface area contributed by atoms with Crippen molar-refractivity contribution in [3.63, 3.8) is 0 Å². The number of imidazole rings is 1. The third kappa shape index (κ3) is 4.20. The third-order valence-electron chi connectivity index (χ3n) is 3.26. The van der Waals surface area contributed by atoms with Crippen LogP contribution in [0.25, 0.3) is 0 Å². The van der Waals surface area contributed by atoms with Gasteiger partial charge in [0.2, 0.25) is 5.88 Å². The number of rotatable bonds is 5. The van der Waals surface area contributed by atoms with Crippen LogP contribution in [0.3, 0.4) is 0 Å². The maximum absolute atomic E-state index is 11.8. The van der Waals surface area contributed by atoms with Gasteiger partial charge in [-0.25, -0.2) is 9.78 Å². The van der Waals surface area contributed by atoms with Gasteiger partial charge in [0.1, 0.15) is 6.61 Å². The average Bonchev–Trinajstić information content (AvgIpc) is 3.02. The van der Waals surface area contributed by atoms with E-state index in [2.05, 4.69) is 4.98 Å². The molecule has 0 fully saturated rings. The molecule has 0 saturated heterocycles. The van der Waals surface area contributed by atoms with Gasteiger partial charge in [-0.05, 0) is 11.1 Å². The van der Waals surface area contributed by atoms with Crippen LogP contribution in [0.1, 0.15) is 11.1 Å². The second kappa shape index (κ2) is 7.26. The number of hydrogen-bond donors (Lipinski definition) is 0. The van der Waals surface area contributed by atoms with Crippen molar-refractivity contribution in [1.82, 2.24) is 9.55 Å². The van der Waals surface area contributed by atoms with Gasteiger partial charge in [-0.1, -0.05) is 60.7 Å². The fourth-order valence-electron chi connectivity index (χ4n) is 2.12. The molecule has 3 aromatic rings. The zero-order chi connectivity index (χ0) is 15.9. The van der Waals surface area contributed by atoms with Gasteiger partial charge >= 0.3 is 6.16 Å². The molecule has 0 bridgehead atoms. The molecular formula is C18H16N2O3. The summed E-state index contributed by atoms with van der Waals surface area (Å²) < 4.78 is 12.1. The van der Waals surface area contributed by atoms with Crippen molar-refractivity contribution in [1.29, 1.82) is 0 Å². The van der Waals surface area contributed by atoms with E-state index in [4.69, 9.17) is 9.47 Å². The highest BCUT2D eigenvalue weighted by Gasteiger charge is 2.11. The van der Waals surface area contributed by atoms with Crippen LogP contribution in [-0.4, -0.2) is 15.7 Å². The van der Waals surface area contributed by atoms with Crippen LogP contribution in [0.2, 0.25) is 0 Å². The lowest BCUT2D eigenvalue weighted by atomic mass is 10.2. The summed E-state index contributed by atoms with van der Waals surface area (Å²) in [5.41, 5.74) is 2.00. The lowest BCUT2D eigenvalue weighted by Crippen LogP contribution is -2.13. The molecule has 0 saturated carbocycles. The SMILES string of the molecule is O=C(OCc1ccccc1)Oc1cncn1Cc1ccccc1. The van der Waals surface area contributed by atoms with Crippen molar-refractivity contribution in [3.8, 4) is 5.88 Å². The van der Waals surface area contributed by atoms with Crippen molar-refractivity contribution >= 4 is 6.16 Å². The monoisotopic (exact) mass is 308 g/mol. The summed E-state index contributed by atoms with van der Waals surface area (Å²) in [4.78, 5) is 15.8. The van der Waals surface area contributed by atoms with Crippen LogP contribution < -0.4 is 4.74 Å². The zero-order valence-corrected chi connectivity index (χ0v) is 12.5. The first-order valence-corrected chi connectivity index (χ1v) is 7.24. The van der Waals surface area contributed by atoms with E-state index in [0.717, 1.165) is 11.1 Å². The Kier molecular flexibility index (Phi) is 4.69. The molecule has 5 heteroatoms. The summed E-state index contributed by atoms with van der Waals surface area (Å²) in [6.45, 7) is 0.745. The number of aromatic nitrogens is 2. The number of ether oxygens (including phenoxy) is 2. The minimum absolute atomic E-state index is 0.173. The smallest absolute Gasteiger partial charge is 0.429 e. The summed E-state index contributed by atoms with van der Waals surface area (Å²) >= 11 is 0. The minimum atomic E-state index is -0.747. The fraction of sp³-hybridized carbons (Fsp3) is 0.111. The highest BCUT2D eigenvalue weighted by molar-refractivity contribution is 5.63. The normalized spacial score (nSPS) is 10.3. The Bertz CT molecular complexity index is 754. The zero-order valence-electron chi connectivity index (χ0n) is 12.5. The van der Waals surface area contributed by atoms with Gasteiger partial charge in [0.15, 0.2) is 0 Å². The van der Waals surface area contributed by atoms with Crippen molar-refractivity contribution in [3.05, 3.63) is 84.3 Å². The number of nitrogens with zero attached hydrogens (tertiary/aromatic N) is 2. The molecule has 0 radical (unpaired) electrons. The molecule has 116 valence electrons. The Labute approximate surface area is 134 Å². The van der Waals surface area contributed by atoms with Crippen LogP contribution >= 0.6 is 0 Å². The topological polar surface area (TPSA) is 53.4 Å². The molecule has 0 aliphatic carbocycles. The van der Waals surface area contributed by atoms with Crippen LogP contribution in [0.15, 0.2) is 73.2 Å². The van der Waals surface area contributed by atoms with E-state index in [9.17, 15) is 4.79 Å². The van der Waals surface area contributed by atoms with E-state index in [1.54, 1.807) is 10.9 Å². The van der Waals surface area contributed by atoms with Crippen LogP contribution in [0.4, 0.5) is 4.79 Å². The standard InChI is InChI=1S/C18H16N2O3/c21-18(22-13-16-9-5-2-6-10-16)23-17-11-19-14-20(17)12-15-7-3-1-4-8-15/h1-11,14H,12-13H2. The molecule has 1 heterocycles. The van der Waals surface area contributed by atoms with E-state index >= 15 is 0 Å². The Morgan fingerprint density at radius 3 is 2.30 bits per heavy atom. The molecule has 23 heavy (non-hydrogen) atoms. The Hall–Kier alpha value is -3.08. The van der Waals surface area contributed by atoms with Crippen molar-refractivity contribution in [2.45, 2.75) is 13.2 Å². The van der Waals surface area contributed by atoms with E-state index in [-0.39, 0.29) is 6.61 Å². The molecule has 1 aromatic heterocycles. The molecule has 5 nitrogen and oxygen atoms in total. The molecule has 0 unspecified atom stereocenters. The Morgan fingerprint density at radius 2 is 1.61 bits per heavy atom. The number of benzene rings is 2. The van der Waals surface area contributed by atoms with E-state index in [1.807, 2.05) is 60.7 Å². The fourth-order valence-corrected chi connectivity index (χ4v) is 2.12. The van der Waals surface area contributed by atoms with E-state index < -0.39 is 6.16 Å². The summed E-state index contributed by atoms with van der Waals surface area (Å²) in [6.07, 6.45) is 2.36. The lowest BCUT2D eigenvalue weighted by molar-refractivity contribution is 0.0899. The van der Waals surface area contributed by atoms with E-state index in [0.29, 0.717) is 12.4 Å². The molecule has 0 aliphatic heterocycles. The second-order valence-corrected chi connectivity index (χ2v) is 4.97. The molecular weight excluding hydrogens is 292 g/mol. The first kappa shape index (κ1) is 14.8. The second-order valence-electron chi connectivity index (χ2n) is 4.97. The Morgan fingerprint density at radius 1 is 0.957 bits per heavy atom. The van der Waals surface area contributed by atoms with Gasteiger partial charge in [0, 0.05) is 0 Å². The van der Waals surface area contributed by atoms with Crippen molar-refractivity contribution < 1.29 is 14.3 Å². The molecule has 0 aliphatic rings. The van der Waals surface area contributed by atoms with E-state index in [1.165, 1.54) is 6.20 Å². The van der Waals surface area contributed by atoms with Gasteiger partial charge in [-0.3, -0.25) is 4.57 Å². The predicted octanol–water partition coefficient (Wildman–Crippen LogP) is 3.65. The molecule has 0 N–H and O–H groups in total. The Balaban J connectivity index is 1.58. The molecule has 0 spiro atoms.